The van der Waals surface area contributed by atoms with Gasteiger partial charge >= 0.3 is 0 Å². The Kier molecular flexibility index (Phi) is 5.55. The third kappa shape index (κ3) is 4.41. The molecule has 0 aliphatic heterocycles. The summed E-state index contributed by atoms with van der Waals surface area (Å²) in [6.07, 6.45) is 0. The molecule has 0 unspecified atom stereocenters. The van der Waals surface area contributed by atoms with Crippen LogP contribution in [-0.2, 0) is 10.0 Å². The molecule has 8 heteroatoms. The molecule has 1 aromatic heterocycles. The zero-order valence-electron chi connectivity index (χ0n) is 13.7. The molecule has 26 heavy (non-hydrogen) atoms. The fourth-order valence-corrected chi connectivity index (χ4v) is 3.32. The molecule has 0 amide bonds. The Hall–Kier alpha value is -2.84. The van der Waals surface area contributed by atoms with Crippen molar-refractivity contribution in [2.45, 2.75) is 4.90 Å². The molecule has 0 aliphatic carbocycles. The Morgan fingerprint density at radius 1 is 0.923 bits per heavy atom. The van der Waals surface area contributed by atoms with Crippen LogP contribution in [0.1, 0.15) is 0 Å². The second-order valence-corrected chi connectivity index (χ2v) is 7.03. The molecule has 0 saturated heterocycles. The normalized spacial score (nSPS) is 11.3. The van der Waals surface area contributed by atoms with Gasteiger partial charge in [0.1, 0.15) is 17.3 Å². The van der Waals surface area contributed by atoms with E-state index in [4.69, 9.17) is 4.74 Å². The van der Waals surface area contributed by atoms with E-state index in [0.29, 0.717) is 5.69 Å². The first kappa shape index (κ1) is 18.0. The number of ether oxygens (including phenoxy) is 1. The molecule has 1 heterocycles. The molecule has 3 rings (SSSR count). The number of hydrogen-bond donors (Lipinski definition) is 1. The summed E-state index contributed by atoms with van der Waals surface area (Å²) in [4.78, 5) is -0.396. The summed E-state index contributed by atoms with van der Waals surface area (Å²) >= 11 is 0. The molecule has 134 valence electrons. The van der Waals surface area contributed by atoms with Gasteiger partial charge in [-0.1, -0.05) is 42.5 Å². The summed E-state index contributed by atoms with van der Waals surface area (Å²) in [6, 6.07) is 18.2. The Labute approximate surface area is 150 Å². The zero-order chi connectivity index (χ0) is 18.4. The SMILES string of the molecule is O=S(=O)(NCCOc1ccc(-c2ccccc2)nn1)c1ccccc1F. The van der Waals surface area contributed by atoms with E-state index < -0.39 is 20.7 Å². The number of rotatable bonds is 7. The van der Waals surface area contributed by atoms with Crippen LogP contribution >= 0.6 is 0 Å². The van der Waals surface area contributed by atoms with Gasteiger partial charge in [-0.05, 0) is 18.2 Å². The van der Waals surface area contributed by atoms with Crippen molar-refractivity contribution in [2.24, 2.45) is 0 Å². The highest BCUT2D eigenvalue weighted by atomic mass is 32.2. The Bertz CT molecular complexity index is 964. The largest absolute Gasteiger partial charge is 0.475 e. The lowest BCUT2D eigenvalue weighted by atomic mass is 10.1. The van der Waals surface area contributed by atoms with Crippen LogP contribution in [0.4, 0.5) is 4.39 Å². The predicted octanol–water partition coefficient (Wildman–Crippen LogP) is 2.64. The first-order valence-electron chi connectivity index (χ1n) is 7.82. The minimum Gasteiger partial charge on any atom is -0.475 e. The lowest BCUT2D eigenvalue weighted by molar-refractivity contribution is 0.307. The van der Waals surface area contributed by atoms with Crippen LogP contribution in [0.15, 0.2) is 71.6 Å². The lowest BCUT2D eigenvalue weighted by Gasteiger charge is -2.08. The Morgan fingerprint density at radius 3 is 2.35 bits per heavy atom. The summed E-state index contributed by atoms with van der Waals surface area (Å²) in [7, 11) is -3.93. The number of nitrogens with one attached hydrogen (secondary N) is 1. The number of halogens is 1. The maximum atomic E-state index is 13.6. The maximum absolute atomic E-state index is 13.6. The minimum absolute atomic E-state index is 0.0290. The fourth-order valence-electron chi connectivity index (χ4n) is 2.23. The topological polar surface area (TPSA) is 81.2 Å². The van der Waals surface area contributed by atoms with E-state index in [1.807, 2.05) is 30.3 Å². The van der Waals surface area contributed by atoms with Crippen molar-refractivity contribution in [3.63, 3.8) is 0 Å². The minimum atomic E-state index is -3.93. The van der Waals surface area contributed by atoms with Crippen molar-refractivity contribution in [3.05, 3.63) is 72.5 Å². The van der Waals surface area contributed by atoms with Crippen molar-refractivity contribution >= 4 is 10.0 Å². The average molecular weight is 373 g/mol. The molecule has 0 fully saturated rings. The van der Waals surface area contributed by atoms with E-state index >= 15 is 0 Å². The van der Waals surface area contributed by atoms with Crippen LogP contribution in [-0.4, -0.2) is 31.8 Å². The van der Waals surface area contributed by atoms with Crippen molar-refractivity contribution in [1.29, 1.82) is 0 Å². The molecule has 3 aromatic rings. The van der Waals surface area contributed by atoms with Gasteiger partial charge in [0, 0.05) is 18.2 Å². The van der Waals surface area contributed by atoms with Crippen LogP contribution in [0.25, 0.3) is 11.3 Å². The fraction of sp³-hybridized carbons (Fsp3) is 0.111. The summed E-state index contributed by atoms with van der Waals surface area (Å²) in [5, 5.41) is 8.02. The number of sulfonamides is 1. The van der Waals surface area contributed by atoms with Crippen molar-refractivity contribution < 1.29 is 17.5 Å². The van der Waals surface area contributed by atoms with E-state index in [1.54, 1.807) is 12.1 Å². The van der Waals surface area contributed by atoms with Crippen LogP contribution in [0.2, 0.25) is 0 Å². The molecule has 0 radical (unpaired) electrons. The van der Waals surface area contributed by atoms with Gasteiger partial charge in [0.25, 0.3) is 0 Å². The van der Waals surface area contributed by atoms with Gasteiger partial charge in [0.2, 0.25) is 15.9 Å². The second-order valence-electron chi connectivity index (χ2n) is 5.30. The molecular weight excluding hydrogens is 357 g/mol. The lowest BCUT2D eigenvalue weighted by Crippen LogP contribution is -2.29. The van der Waals surface area contributed by atoms with Crippen LogP contribution < -0.4 is 9.46 Å². The van der Waals surface area contributed by atoms with E-state index in [2.05, 4.69) is 14.9 Å². The smallest absolute Gasteiger partial charge is 0.243 e. The van der Waals surface area contributed by atoms with Gasteiger partial charge in [-0.2, -0.15) is 0 Å². The number of nitrogens with zero attached hydrogens (tertiary/aromatic N) is 2. The third-order valence-corrected chi connectivity index (χ3v) is 4.97. The third-order valence-electron chi connectivity index (χ3n) is 3.48. The molecule has 6 nitrogen and oxygen atoms in total. The van der Waals surface area contributed by atoms with E-state index in [9.17, 15) is 12.8 Å². The first-order chi connectivity index (χ1) is 12.6. The van der Waals surface area contributed by atoms with Gasteiger partial charge in [0.15, 0.2) is 0 Å². The number of aromatic nitrogens is 2. The second kappa shape index (κ2) is 8.03. The Balaban J connectivity index is 1.53. The van der Waals surface area contributed by atoms with Crippen LogP contribution in [0, 0.1) is 5.82 Å². The van der Waals surface area contributed by atoms with E-state index in [-0.39, 0.29) is 19.0 Å². The first-order valence-corrected chi connectivity index (χ1v) is 9.31. The summed E-state index contributed by atoms with van der Waals surface area (Å²) in [6.45, 7) is 0.00578. The molecular formula is C18H16FN3O3S. The standard InChI is InChI=1S/C18H16FN3O3S/c19-15-8-4-5-9-17(15)26(23,24)20-12-13-25-18-11-10-16(21-22-18)14-6-2-1-3-7-14/h1-11,20H,12-13H2. The molecule has 0 bridgehead atoms. The molecule has 0 atom stereocenters. The van der Waals surface area contributed by atoms with Crippen LogP contribution in [0.3, 0.4) is 0 Å². The molecule has 2 aromatic carbocycles. The summed E-state index contributed by atoms with van der Waals surface area (Å²) in [5.74, 6) is -0.530. The summed E-state index contributed by atoms with van der Waals surface area (Å²) < 4.78 is 45.3. The molecule has 0 saturated carbocycles. The van der Waals surface area contributed by atoms with Gasteiger partial charge in [-0.3, -0.25) is 0 Å². The van der Waals surface area contributed by atoms with Gasteiger partial charge < -0.3 is 4.74 Å². The average Bonchev–Trinajstić information content (AvgIpc) is 2.67. The van der Waals surface area contributed by atoms with E-state index in [0.717, 1.165) is 11.6 Å². The number of hydrogen-bond acceptors (Lipinski definition) is 5. The quantitative estimate of drug-likeness (QED) is 0.644. The summed E-state index contributed by atoms with van der Waals surface area (Å²) in [5.41, 5.74) is 1.64. The molecule has 0 spiro atoms. The van der Waals surface area contributed by atoms with Gasteiger partial charge in [-0.25, -0.2) is 17.5 Å². The van der Waals surface area contributed by atoms with Crippen molar-refractivity contribution in [3.8, 4) is 17.1 Å². The highest BCUT2D eigenvalue weighted by molar-refractivity contribution is 7.89. The monoisotopic (exact) mass is 373 g/mol. The predicted molar refractivity (Wildman–Crippen MR) is 94.6 cm³/mol. The van der Waals surface area contributed by atoms with Crippen molar-refractivity contribution in [1.82, 2.24) is 14.9 Å². The zero-order valence-corrected chi connectivity index (χ0v) is 14.5. The molecule has 1 N–H and O–H groups in total. The maximum Gasteiger partial charge on any atom is 0.243 e. The highest BCUT2D eigenvalue weighted by Crippen LogP contribution is 2.17. The number of benzene rings is 2. The Morgan fingerprint density at radius 2 is 1.65 bits per heavy atom. The van der Waals surface area contributed by atoms with Gasteiger partial charge in [0.05, 0.1) is 5.69 Å². The highest BCUT2D eigenvalue weighted by Gasteiger charge is 2.17. The van der Waals surface area contributed by atoms with Crippen LogP contribution in [0.5, 0.6) is 5.88 Å². The van der Waals surface area contributed by atoms with Crippen molar-refractivity contribution in [2.75, 3.05) is 13.2 Å². The van der Waals surface area contributed by atoms with Gasteiger partial charge in [-0.15, -0.1) is 10.2 Å². The van der Waals surface area contributed by atoms with E-state index in [1.165, 1.54) is 18.2 Å². The molecule has 0 aliphatic rings.